The van der Waals surface area contributed by atoms with Gasteiger partial charge in [0.2, 0.25) is 5.91 Å². The molecule has 180 valence electrons. The predicted octanol–water partition coefficient (Wildman–Crippen LogP) is 6.13. The molecule has 0 saturated carbocycles. The lowest BCUT2D eigenvalue weighted by molar-refractivity contribution is -0.117. The highest BCUT2D eigenvalue weighted by molar-refractivity contribution is 7.98. The largest absolute Gasteiger partial charge is 0.312 e. The number of anilines is 1. The molecule has 1 aliphatic heterocycles. The Labute approximate surface area is 220 Å². The molecule has 0 unspecified atom stereocenters. The minimum absolute atomic E-state index is 0.0895. The molecule has 3 aromatic heterocycles. The zero-order valence-electron chi connectivity index (χ0n) is 19.2. The molecule has 1 aliphatic rings. The van der Waals surface area contributed by atoms with Gasteiger partial charge in [0.1, 0.15) is 9.53 Å². The topological polar surface area (TPSA) is 68.1 Å². The van der Waals surface area contributed by atoms with Crippen molar-refractivity contribution in [3.63, 3.8) is 0 Å². The molecule has 1 saturated heterocycles. The Morgan fingerprint density at radius 2 is 1.86 bits per heavy atom. The molecule has 1 fully saturated rings. The number of fused-ring (bicyclic) bond motifs is 3. The minimum Gasteiger partial charge on any atom is -0.312 e. The van der Waals surface area contributed by atoms with Crippen molar-refractivity contribution in [1.82, 2.24) is 14.5 Å². The van der Waals surface area contributed by atoms with E-state index in [2.05, 4.69) is 4.98 Å². The van der Waals surface area contributed by atoms with Crippen LogP contribution in [0.25, 0.3) is 20.4 Å². The Hall–Kier alpha value is -3.20. The maximum Gasteiger partial charge on any atom is 0.272 e. The van der Waals surface area contributed by atoms with Crippen molar-refractivity contribution in [2.45, 2.75) is 30.3 Å². The van der Waals surface area contributed by atoms with Gasteiger partial charge in [-0.25, -0.2) is 9.97 Å². The number of aromatic nitrogens is 3. The maximum atomic E-state index is 13.7. The Morgan fingerprint density at radius 3 is 2.64 bits per heavy atom. The van der Waals surface area contributed by atoms with Gasteiger partial charge in [-0.1, -0.05) is 53.7 Å². The van der Waals surface area contributed by atoms with Gasteiger partial charge >= 0.3 is 0 Å². The molecule has 6 nitrogen and oxygen atoms in total. The quantitative estimate of drug-likeness (QED) is 0.194. The highest BCUT2D eigenvalue weighted by Crippen LogP contribution is 2.32. The van der Waals surface area contributed by atoms with E-state index in [9.17, 15) is 9.59 Å². The lowest BCUT2D eigenvalue weighted by Gasteiger charge is -2.16. The number of benzene rings is 2. The number of nitrogens with zero attached hydrogens (tertiary/aromatic N) is 4. The normalized spacial score (nSPS) is 13.8. The third kappa shape index (κ3) is 4.30. The maximum absolute atomic E-state index is 13.7. The second kappa shape index (κ2) is 9.69. The molecule has 0 atom stereocenters. The first-order valence-electron chi connectivity index (χ1n) is 11.6. The standard InChI is InChI=1S/C27H21ClN4O2S2/c28-21-7-2-1-5-18(21)15-32-26(34)24-23(20-6-3-13-29-25(20)36-24)30-27(32)35-16-17-9-11-19(12-10-17)31-14-4-8-22(31)33/h1-3,5-7,9-13H,4,8,14-16H2. The van der Waals surface area contributed by atoms with Crippen LogP contribution < -0.4 is 10.5 Å². The van der Waals surface area contributed by atoms with E-state index in [1.54, 1.807) is 10.8 Å². The van der Waals surface area contributed by atoms with Gasteiger partial charge in [0.05, 0.1) is 12.1 Å². The molecular weight excluding hydrogens is 512 g/mol. The number of hydrogen-bond donors (Lipinski definition) is 0. The summed E-state index contributed by atoms with van der Waals surface area (Å²) in [4.78, 5) is 37.8. The molecule has 0 bridgehead atoms. The van der Waals surface area contributed by atoms with Gasteiger partial charge in [-0.05, 0) is 47.9 Å². The van der Waals surface area contributed by atoms with Crippen LogP contribution in [0, 0.1) is 0 Å². The number of carbonyl (C=O) groups excluding carboxylic acids is 1. The number of rotatable bonds is 6. The fourth-order valence-corrected chi connectivity index (χ4v) is 6.60. The molecule has 2 aromatic carbocycles. The number of thiophene rings is 1. The van der Waals surface area contributed by atoms with Crippen molar-refractivity contribution in [1.29, 1.82) is 0 Å². The van der Waals surface area contributed by atoms with Crippen LogP contribution >= 0.6 is 34.7 Å². The number of halogens is 1. The Balaban J connectivity index is 1.36. The fraction of sp³-hybridized carbons (Fsp3) is 0.185. The van der Waals surface area contributed by atoms with Crippen LogP contribution in [0.15, 0.2) is 76.8 Å². The Morgan fingerprint density at radius 1 is 1.03 bits per heavy atom. The first-order chi connectivity index (χ1) is 17.6. The molecule has 0 radical (unpaired) electrons. The second-order valence-corrected chi connectivity index (χ2v) is 11.0. The smallest absolute Gasteiger partial charge is 0.272 e. The number of thioether (sulfide) groups is 1. The van der Waals surface area contributed by atoms with E-state index in [-0.39, 0.29) is 11.5 Å². The molecule has 9 heteroatoms. The Kier molecular flexibility index (Phi) is 6.25. The highest BCUT2D eigenvalue weighted by atomic mass is 35.5. The van der Waals surface area contributed by atoms with Crippen LogP contribution in [-0.4, -0.2) is 27.0 Å². The first-order valence-corrected chi connectivity index (χ1v) is 13.8. The first kappa shape index (κ1) is 23.2. The zero-order chi connectivity index (χ0) is 24.6. The van der Waals surface area contributed by atoms with Gasteiger partial charge in [-0.2, -0.15) is 0 Å². The van der Waals surface area contributed by atoms with E-state index < -0.39 is 0 Å². The number of pyridine rings is 1. The van der Waals surface area contributed by atoms with E-state index >= 15 is 0 Å². The molecular formula is C27H21ClN4O2S2. The number of carbonyl (C=O) groups is 1. The van der Waals surface area contributed by atoms with Gasteiger partial charge in [-0.3, -0.25) is 14.2 Å². The average Bonchev–Trinajstić information content (AvgIpc) is 3.50. The van der Waals surface area contributed by atoms with Gasteiger partial charge in [-0.15, -0.1) is 11.3 Å². The third-order valence-corrected chi connectivity index (χ3v) is 8.80. The molecule has 1 amide bonds. The summed E-state index contributed by atoms with van der Waals surface area (Å²) in [6.07, 6.45) is 3.25. The van der Waals surface area contributed by atoms with Crippen LogP contribution in [0.3, 0.4) is 0 Å². The van der Waals surface area contributed by atoms with Crippen molar-refractivity contribution in [3.8, 4) is 0 Å². The number of amides is 1. The molecule has 0 spiro atoms. The van der Waals surface area contributed by atoms with Crippen LogP contribution in [0.5, 0.6) is 0 Å². The lowest BCUT2D eigenvalue weighted by atomic mass is 10.2. The SMILES string of the molecule is O=C1CCCN1c1ccc(CSc2nc3c(sc4ncccc43)c(=O)n2Cc2ccccc2Cl)cc1. The monoisotopic (exact) mass is 532 g/mol. The summed E-state index contributed by atoms with van der Waals surface area (Å²) < 4.78 is 2.31. The zero-order valence-corrected chi connectivity index (χ0v) is 21.6. The molecule has 6 rings (SSSR count). The minimum atomic E-state index is -0.0895. The third-order valence-electron chi connectivity index (χ3n) is 6.29. The summed E-state index contributed by atoms with van der Waals surface area (Å²) in [5.41, 5.74) is 3.48. The van der Waals surface area contributed by atoms with Crippen LogP contribution in [0.2, 0.25) is 5.02 Å². The summed E-state index contributed by atoms with van der Waals surface area (Å²) in [5.74, 6) is 0.811. The second-order valence-electron chi connectivity index (χ2n) is 8.62. The van der Waals surface area contributed by atoms with Crippen LogP contribution in [-0.2, 0) is 17.1 Å². The lowest BCUT2D eigenvalue weighted by Crippen LogP contribution is -2.23. The molecule has 0 aliphatic carbocycles. The van der Waals surface area contributed by atoms with Crippen LogP contribution in [0.1, 0.15) is 24.0 Å². The van der Waals surface area contributed by atoms with Crippen LogP contribution in [0.4, 0.5) is 5.69 Å². The van der Waals surface area contributed by atoms with Crippen molar-refractivity contribution >= 4 is 66.7 Å². The average molecular weight is 533 g/mol. The summed E-state index contributed by atoms with van der Waals surface area (Å²) in [5, 5.41) is 2.14. The van der Waals surface area contributed by atoms with Crippen molar-refractivity contribution < 1.29 is 4.79 Å². The van der Waals surface area contributed by atoms with Gasteiger partial charge in [0, 0.05) is 41.0 Å². The van der Waals surface area contributed by atoms with Gasteiger partial charge in [0.25, 0.3) is 5.56 Å². The van der Waals surface area contributed by atoms with Gasteiger partial charge in [0.15, 0.2) is 5.16 Å². The summed E-state index contributed by atoms with van der Waals surface area (Å²) in [7, 11) is 0. The summed E-state index contributed by atoms with van der Waals surface area (Å²) in [6, 6.07) is 19.4. The molecule has 0 N–H and O–H groups in total. The van der Waals surface area contributed by atoms with E-state index in [0.717, 1.165) is 40.0 Å². The van der Waals surface area contributed by atoms with Crippen molar-refractivity contribution in [3.05, 3.63) is 93.4 Å². The van der Waals surface area contributed by atoms with Crippen molar-refractivity contribution in [2.75, 3.05) is 11.4 Å². The van der Waals surface area contributed by atoms with E-state index in [1.807, 2.05) is 65.6 Å². The highest BCUT2D eigenvalue weighted by Gasteiger charge is 2.22. The van der Waals surface area contributed by atoms with E-state index in [4.69, 9.17) is 16.6 Å². The molecule has 5 aromatic rings. The molecule has 4 heterocycles. The van der Waals surface area contributed by atoms with E-state index in [1.165, 1.54) is 23.1 Å². The Bertz CT molecular complexity index is 1660. The number of hydrogen-bond acceptors (Lipinski definition) is 6. The summed E-state index contributed by atoms with van der Waals surface area (Å²) >= 11 is 9.33. The fourth-order valence-electron chi connectivity index (χ4n) is 4.43. The predicted molar refractivity (Wildman–Crippen MR) is 147 cm³/mol. The summed E-state index contributed by atoms with van der Waals surface area (Å²) in [6.45, 7) is 1.11. The van der Waals surface area contributed by atoms with E-state index in [0.29, 0.717) is 39.1 Å². The van der Waals surface area contributed by atoms with Gasteiger partial charge < -0.3 is 4.90 Å². The van der Waals surface area contributed by atoms with Crippen molar-refractivity contribution in [2.24, 2.45) is 0 Å². The molecule has 36 heavy (non-hydrogen) atoms.